The minimum absolute atomic E-state index is 0.247. The number of para-hydroxylation sites is 1. The molecule has 25 heavy (non-hydrogen) atoms. The lowest BCUT2D eigenvalue weighted by molar-refractivity contribution is 0.102. The van der Waals surface area contributed by atoms with Crippen molar-refractivity contribution in [2.45, 2.75) is 6.92 Å². The topological polar surface area (TPSA) is 90.6 Å². The van der Waals surface area contributed by atoms with Gasteiger partial charge in [-0.3, -0.25) is 14.9 Å². The quantitative estimate of drug-likeness (QED) is 0.528. The summed E-state index contributed by atoms with van der Waals surface area (Å²) in [6.45, 7) is 2.01. The Morgan fingerprint density at radius 1 is 1.20 bits per heavy atom. The number of nitrogens with zero attached hydrogens (tertiary/aromatic N) is 1. The molecule has 6 nitrogen and oxygen atoms in total. The van der Waals surface area contributed by atoms with Crippen LogP contribution < -0.4 is 10.9 Å². The maximum absolute atomic E-state index is 12.2. The molecular weight excluding hydrogens is 336 g/mol. The molecule has 0 aliphatic rings. The molecule has 3 heterocycles. The van der Waals surface area contributed by atoms with Crippen LogP contribution in [-0.2, 0) is 0 Å². The molecule has 124 valence electrons. The van der Waals surface area contributed by atoms with Crippen molar-refractivity contribution in [2.24, 2.45) is 0 Å². The van der Waals surface area contributed by atoms with E-state index in [-0.39, 0.29) is 11.5 Å². The fourth-order valence-electron chi connectivity index (χ4n) is 2.77. The third kappa shape index (κ3) is 2.85. The van der Waals surface area contributed by atoms with Gasteiger partial charge in [0, 0.05) is 39.8 Å². The van der Waals surface area contributed by atoms with Gasteiger partial charge in [0.15, 0.2) is 5.13 Å². The van der Waals surface area contributed by atoms with Gasteiger partial charge in [-0.05, 0) is 19.1 Å². The number of carbonyl (C=O) groups is 1. The van der Waals surface area contributed by atoms with Crippen molar-refractivity contribution < 1.29 is 4.79 Å². The van der Waals surface area contributed by atoms with E-state index in [0.29, 0.717) is 10.7 Å². The van der Waals surface area contributed by atoms with Gasteiger partial charge in [-0.25, -0.2) is 4.98 Å². The highest BCUT2D eigenvalue weighted by Gasteiger charge is 2.15. The fraction of sp³-hybridized carbons (Fsp3) is 0.0556. The van der Waals surface area contributed by atoms with E-state index in [1.807, 2.05) is 36.6 Å². The van der Waals surface area contributed by atoms with Crippen LogP contribution in [0.4, 0.5) is 5.13 Å². The number of fused-ring (bicyclic) bond motifs is 1. The van der Waals surface area contributed by atoms with E-state index < -0.39 is 0 Å². The molecule has 0 aliphatic heterocycles. The Labute approximate surface area is 146 Å². The number of amides is 1. The van der Waals surface area contributed by atoms with Gasteiger partial charge < -0.3 is 9.97 Å². The number of nitrogens with one attached hydrogen (secondary N) is 3. The second-order valence-electron chi connectivity index (χ2n) is 5.60. The molecule has 0 bridgehead atoms. The number of thiazole rings is 1. The largest absolute Gasteiger partial charge is 0.358 e. The first kappa shape index (κ1) is 15.3. The van der Waals surface area contributed by atoms with Crippen molar-refractivity contribution in [3.63, 3.8) is 0 Å². The third-order valence-electron chi connectivity index (χ3n) is 3.92. The molecule has 0 saturated heterocycles. The van der Waals surface area contributed by atoms with Crippen molar-refractivity contribution in [2.75, 3.05) is 5.32 Å². The summed E-state index contributed by atoms with van der Waals surface area (Å²) in [7, 11) is 0. The summed E-state index contributed by atoms with van der Waals surface area (Å²) in [5, 5.41) is 6.30. The lowest BCUT2D eigenvalue weighted by atomic mass is 10.1. The first-order chi connectivity index (χ1) is 12.1. The third-order valence-corrected chi connectivity index (χ3v) is 4.68. The van der Waals surface area contributed by atoms with E-state index >= 15 is 0 Å². The minimum atomic E-state index is -0.312. The SMILES string of the molecule is Cc1[nH]c2ccccc2c1-c1csc(NC(=O)c2ccc(=O)[nH]c2)n1. The predicted octanol–water partition coefficient (Wildman–Crippen LogP) is 3.54. The Bertz CT molecular complexity index is 1120. The molecular formula is C18H14N4O2S. The van der Waals surface area contributed by atoms with Crippen LogP contribution in [-0.4, -0.2) is 20.9 Å². The van der Waals surface area contributed by atoms with Crippen molar-refractivity contribution in [1.82, 2.24) is 15.0 Å². The second-order valence-corrected chi connectivity index (χ2v) is 6.46. The van der Waals surface area contributed by atoms with E-state index in [1.165, 1.54) is 29.7 Å². The molecule has 0 radical (unpaired) electrons. The highest BCUT2D eigenvalue weighted by Crippen LogP contribution is 2.33. The Morgan fingerprint density at radius 2 is 2.04 bits per heavy atom. The standard InChI is InChI=1S/C18H14N4O2S/c1-10-16(12-4-2-3-5-13(12)20-10)14-9-25-18(21-14)22-17(24)11-6-7-15(23)19-8-11/h2-9,20H,1H3,(H,19,23)(H,21,22,24). The number of H-pyrrole nitrogens is 2. The van der Waals surface area contributed by atoms with E-state index in [0.717, 1.165) is 27.9 Å². The van der Waals surface area contributed by atoms with Gasteiger partial charge in [0.1, 0.15) is 0 Å². The molecule has 7 heteroatoms. The normalized spacial score (nSPS) is 10.9. The highest BCUT2D eigenvalue weighted by atomic mass is 32.1. The number of hydrogen-bond acceptors (Lipinski definition) is 4. The molecule has 1 amide bonds. The van der Waals surface area contributed by atoms with Crippen LogP contribution in [0, 0.1) is 6.92 Å². The first-order valence-electron chi connectivity index (χ1n) is 7.65. The minimum Gasteiger partial charge on any atom is -0.358 e. The summed E-state index contributed by atoms with van der Waals surface area (Å²) in [6.07, 6.45) is 1.38. The summed E-state index contributed by atoms with van der Waals surface area (Å²) in [6, 6.07) is 10.8. The molecule has 0 fully saturated rings. The van der Waals surface area contributed by atoms with Crippen molar-refractivity contribution in [1.29, 1.82) is 0 Å². The van der Waals surface area contributed by atoms with Crippen LogP contribution in [0.2, 0.25) is 0 Å². The lowest BCUT2D eigenvalue weighted by Gasteiger charge is -2.01. The highest BCUT2D eigenvalue weighted by molar-refractivity contribution is 7.14. The predicted molar refractivity (Wildman–Crippen MR) is 99.2 cm³/mol. The van der Waals surface area contributed by atoms with Crippen molar-refractivity contribution >= 4 is 33.3 Å². The Kier molecular flexibility index (Phi) is 3.70. The number of anilines is 1. The second kappa shape index (κ2) is 6.03. The van der Waals surface area contributed by atoms with E-state index in [1.54, 1.807) is 0 Å². The fourth-order valence-corrected chi connectivity index (χ4v) is 3.47. The smallest absolute Gasteiger partial charge is 0.258 e. The van der Waals surface area contributed by atoms with Crippen LogP contribution in [0.25, 0.3) is 22.2 Å². The molecule has 3 aromatic heterocycles. The van der Waals surface area contributed by atoms with Gasteiger partial charge in [-0.15, -0.1) is 11.3 Å². The molecule has 0 atom stereocenters. The van der Waals surface area contributed by atoms with E-state index in [2.05, 4.69) is 20.3 Å². The first-order valence-corrected chi connectivity index (χ1v) is 8.53. The number of hydrogen-bond donors (Lipinski definition) is 3. The summed E-state index contributed by atoms with van der Waals surface area (Å²) >= 11 is 1.36. The van der Waals surface area contributed by atoms with E-state index in [9.17, 15) is 9.59 Å². The van der Waals surface area contributed by atoms with Crippen molar-refractivity contribution in [3.05, 3.63) is 69.6 Å². The van der Waals surface area contributed by atoms with Gasteiger partial charge in [-0.1, -0.05) is 18.2 Å². The number of pyridine rings is 1. The number of aromatic nitrogens is 3. The van der Waals surface area contributed by atoms with Gasteiger partial charge in [0.25, 0.3) is 5.91 Å². The average molecular weight is 350 g/mol. The molecule has 3 N–H and O–H groups in total. The maximum Gasteiger partial charge on any atom is 0.258 e. The summed E-state index contributed by atoms with van der Waals surface area (Å²) in [5.41, 5.74) is 4.07. The number of carbonyl (C=O) groups excluding carboxylic acids is 1. The molecule has 4 aromatic rings. The molecule has 4 rings (SSSR count). The number of aromatic amines is 2. The summed E-state index contributed by atoms with van der Waals surface area (Å²) in [5.74, 6) is -0.312. The summed E-state index contributed by atoms with van der Waals surface area (Å²) in [4.78, 5) is 33.7. The zero-order valence-corrected chi connectivity index (χ0v) is 14.1. The van der Waals surface area contributed by atoms with Gasteiger partial charge in [0.2, 0.25) is 5.56 Å². The molecule has 0 unspecified atom stereocenters. The molecule has 0 saturated carbocycles. The van der Waals surface area contributed by atoms with Crippen LogP contribution >= 0.6 is 11.3 Å². The van der Waals surface area contributed by atoms with Gasteiger partial charge in [-0.2, -0.15) is 0 Å². The summed E-state index contributed by atoms with van der Waals surface area (Å²) < 4.78 is 0. The zero-order valence-electron chi connectivity index (χ0n) is 13.3. The lowest BCUT2D eigenvalue weighted by Crippen LogP contribution is -2.14. The van der Waals surface area contributed by atoms with Crippen molar-refractivity contribution in [3.8, 4) is 11.3 Å². The van der Waals surface area contributed by atoms with Crippen LogP contribution in [0.5, 0.6) is 0 Å². The average Bonchev–Trinajstić information content (AvgIpc) is 3.18. The monoisotopic (exact) mass is 350 g/mol. The van der Waals surface area contributed by atoms with E-state index in [4.69, 9.17) is 0 Å². The Morgan fingerprint density at radius 3 is 2.84 bits per heavy atom. The molecule has 0 spiro atoms. The maximum atomic E-state index is 12.2. The number of rotatable bonds is 3. The zero-order chi connectivity index (χ0) is 17.4. The Balaban J connectivity index is 1.64. The Hall–Kier alpha value is -3.19. The number of aryl methyl sites for hydroxylation is 1. The van der Waals surface area contributed by atoms with Crippen LogP contribution in [0.3, 0.4) is 0 Å². The van der Waals surface area contributed by atoms with Gasteiger partial charge >= 0.3 is 0 Å². The van der Waals surface area contributed by atoms with Crippen LogP contribution in [0.1, 0.15) is 16.1 Å². The van der Waals surface area contributed by atoms with Gasteiger partial charge in [0.05, 0.1) is 11.3 Å². The molecule has 0 aliphatic carbocycles. The van der Waals surface area contributed by atoms with Crippen LogP contribution in [0.15, 0.2) is 52.8 Å². The molecule has 1 aromatic carbocycles. The number of benzene rings is 1.